The minimum atomic E-state index is -3.81. The minimum Gasteiger partial charge on any atom is -0.616 e. The van der Waals surface area contributed by atoms with Gasteiger partial charge in [0.2, 0.25) is 0 Å². The minimum absolute atomic E-state index is 0.534. The van der Waals surface area contributed by atoms with Crippen molar-refractivity contribution in [1.82, 2.24) is 0 Å². The largest absolute Gasteiger partial charge is 0.616 e. The summed E-state index contributed by atoms with van der Waals surface area (Å²) in [6.07, 6.45) is 0. The molecule has 12 heteroatoms. The van der Waals surface area contributed by atoms with Crippen LogP contribution in [0.2, 0.25) is 0 Å². The van der Waals surface area contributed by atoms with Gasteiger partial charge in [-0.1, -0.05) is 38.9 Å². The molecule has 20 heavy (non-hydrogen) atoms. The van der Waals surface area contributed by atoms with Crippen molar-refractivity contribution in [1.29, 1.82) is 0 Å². The zero-order chi connectivity index (χ0) is 18.0. The van der Waals surface area contributed by atoms with Crippen LogP contribution in [0.1, 0.15) is 41.5 Å². The van der Waals surface area contributed by atoms with E-state index in [1.807, 2.05) is 41.5 Å². The summed E-state index contributed by atoms with van der Waals surface area (Å²) in [4.78, 5) is 45.3. The Hall–Kier alpha value is 1.37. The van der Waals surface area contributed by atoms with Gasteiger partial charge in [0.1, 0.15) is 11.5 Å². The van der Waals surface area contributed by atoms with Crippen molar-refractivity contribution >= 4 is 48.2 Å². The van der Waals surface area contributed by atoms with Gasteiger partial charge in [-0.2, -0.15) is 0 Å². The van der Waals surface area contributed by atoms with Gasteiger partial charge in [0, 0.05) is 0 Å². The molecule has 0 spiro atoms. The molecule has 7 nitrogen and oxygen atoms in total. The standard InChI is InChI=1S/C4H10OS.2C2H6.2H3O3PS/c1-3-6(5)4-2;2*1-2;2*1-4(2,3)5/h3-4H2,1-2H3;2*1-2H3;2*(H3,1,2,3,5). The van der Waals surface area contributed by atoms with E-state index in [-0.39, 0.29) is 0 Å². The summed E-state index contributed by atoms with van der Waals surface area (Å²) in [6.45, 7) is 4.25. The second-order valence-corrected chi connectivity index (χ2v) is 9.07. The van der Waals surface area contributed by atoms with Crippen LogP contribution in [-0.2, 0) is 34.8 Å². The molecule has 0 fully saturated rings. The van der Waals surface area contributed by atoms with Crippen molar-refractivity contribution in [2.45, 2.75) is 41.5 Å². The Morgan fingerprint density at radius 2 is 0.850 bits per heavy atom. The Kier molecular flexibility index (Phi) is 37.5. The van der Waals surface area contributed by atoms with E-state index in [0.29, 0.717) is 0 Å². The highest BCUT2D eigenvalue weighted by atomic mass is 32.5. The van der Waals surface area contributed by atoms with Crippen molar-refractivity contribution in [3.05, 3.63) is 0 Å². The maximum Gasteiger partial charge on any atom is 0.319 e. The van der Waals surface area contributed by atoms with E-state index < -0.39 is 24.6 Å². The fourth-order valence-electron chi connectivity index (χ4n) is 0.204. The van der Waals surface area contributed by atoms with Crippen LogP contribution in [0.25, 0.3) is 0 Å². The van der Waals surface area contributed by atoms with Crippen molar-refractivity contribution < 1.29 is 33.9 Å². The van der Waals surface area contributed by atoms with Gasteiger partial charge >= 0.3 is 13.4 Å². The summed E-state index contributed by atoms with van der Waals surface area (Å²) in [5.74, 6) is 1.60. The summed E-state index contributed by atoms with van der Waals surface area (Å²) in [5.41, 5.74) is 0. The predicted octanol–water partition coefficient (Wildman–Crippen LogP) is 1.20. The van der Waals surface area contributed by atoms with Gasteiger partial charge in [-0.05, 0) is 37.5 Å². The van der Waals surface area contributed by atoms with E-state index in [4.69, 9.17) is 29.4 Å². The molecule has 0 aromatic heterocycles. The lowest BCUT2D eigenvalue weighted by molar-refractivity contribution is 0.361. The van der Waals surface area contributed by atoms with Crippen LogP contribution >= 0.6 is 13.4 Å². The predicted molar refractivity (Wildman–Crippen MR) is 93.8 cm³/mol. The van der Waals surface area contributed by atoms with Gasteiger partial charge in [0.25, 0.3) is 0 Å². The topological polar surface area (TPSA) is 144 Å². The fraction of sp³-hybridized carbons (Fsp3) is 1.00. The van der Waals surface area contributed by atoms with Crippen LogP contribution in [0.3, 0.4) is 0 Å². The quantitative estimate of drug-likeness (QED) is 0.301. The molecule has 0 saturated carbocycles. The first-order valence-corrected chi connectivity index (χ1v) is 12.5. The molecule has 0 aliphatic rings. The molecule has 0 aliphatic carbocycles. The molecule has 0 bridgehead atoms. The average Bonchev–Trinajstić information content (AvgIpc) is 2.29. The normalized spacial score (nSPS) is 9.50. The first-order chi connectivity index (χ1) is 8.81. The third-order valence-corrected chi connectivity index (χ3v) is 1.93. The molecule has 0 heterocycles. The molecule has 0 aromatic carbocycles. The molecule has 0 radical (unpaired) electrons. The van der Waals surface area contributed by atoms with Crippen molar-refractivity contribution in [2.24, 2.45) is 0 Å². The van der Waals surface area contributed by atoms with Gasteiger partial charge in [-0.3, -0.25) is 0 Å². The monoisotopic (exact) mass is 394 g/mol. The molecular formula is C8H28O7P2S3. The van der Waals surface area contributed by atoms with Gasteiger partial charge < -0.3 is 33.9 Å². The molecule has 0 unspecified atom stereocenters. The van der Waals surface area contributed by atoms with E-state index in [1.165, 1.54) is 0 Å². The molecule has 6 N–H and O–H groups in total. The summed E-state index contributed by atoms with van der Waals surface area (Å²) in [7, 11) is 0. The highest BCUT2D eigenvalue weighted by Crippen LogP contribution is 2.26. The number of hydrogen-bond donors (Lipinski definition) is 6. The van der Waals surface area contributed by atoms with Crippen LogP contribution in [0.4, 0.5) is 0 Å². The van der Waals surface area contributed by atoms with E-state index >= 15 is 0 Å². The maximum atomic E-state index is 10.3. The maximum absolute atomic E-state index is 10.3. The van der Waals surface area contributed by atoms with Gasteiger partial charge in [-0.25, -0.2) is 0 Å². The Morgan fingerprint density at radius 3 is 0.850 bits per heavy atom. The van der Waals surface area contributed by atoms with Crippen molar-refractivity contribution in [3.63, 3.8) is 0 Å². The van der Waals surface area contributed by atoms with Gasteiger partial charge in [0.15, 0.2) is 0 Å². The van der Waals surface area contributed by atoms with Crippen molar-refractivity contribution in [2.75, 3.05) is 11.5 Å². The molecule has 0 aromatic rings. The van der Waals surface area contributed by atoms with E-state index in [1.54, 1.807) is 0 Å². The zero-order valence-electron chi connectivity index (χ0n) is 12.6. The van der Waals surface area contributed by atoms with E-state index in [0.717, 1.165) is 11.5 Å². The number of rotatable bonds is 2. The molecule has 0 aliphatic heterocycles. The smallest absolute Gasteiger partial charge is 0.319 e. The van der Waals surface area contributed by atoms with Crippen LogP contribution in [0.5, 0.6) is 0 Å². The molecule has 0 saturated heterocycles. The van der Waals surface area contributed by atoms with Gasteiger partial charge in [0.05, 0.1) is 0 Å². The van der Waals surface area contributed by atoms with Crippen molar-refractivity contribution in [3.8, 4) is 0 Å². The second kappa shape index (κ2) is 22.6. The Bertz CT molecular complexity index is 204. The Balaban J connectivity index is -0.0000000501. The average molecular weight is 394 g/mol. The van der Waals surface area contributed by atoms with E-state index in [2.05, 4.69) is 23.6 Å². The molecular weight excluding hydrogens is 366 g/mol. The molecule has 0 atom stereocenters. The van der Waals surface area contributed by atoms with Crippen LogP contribution < -0.4 is 0 Å². The summed E-state index contributed by atoms with van der Waals surface area (Å²) < 4.78 is 10.3. The van der Waals surface area contributed by atoms with Crippen LogP contribution in [-0.4, -0.2) is 45.4 Å². The van der Waals surface area contributed by atoms with Crippen LogP contribution in [0, 0.1) is 0 Å². The fourth-order valence-corrected chi connectivity index (χ4v) is 0.612. The molecule has 130 valence electrons. The Labute approximate surface area is 135 Å². The third-order valence-electron chi connectivity index (χ3n) is 0.644. The summed E-state index contributed by atoms with van der Waals surface area (Å²) >= 11 is 6.67. The zero-order valence-corrected chi connectivity index (χ0v) is 16.9. The SMILES string of the molecule is CC.CC.CC[S+]([O-])CC.OP(O)(O)=S.OP(O)(O)=S. The highest BCUT2D eigenvalue weighted by Gasteiger charge is 1.92. The summed E-state index contributed by atoms with van der Waals surface area (Å²) in [6, 6.07) is 0. The highest BCUT2D eigenvalue weighted by molar-refractivity contribution is 8.06. The van der Waals surface area contributed by atoms with Crippen LogP contribution in [0.15, 0.2) is 0 Å². The number of hydrogen-bond acceptors (Lipinski definition) is 3. The molecule has 0 rings (SSSR count). The first kappa shape index (κ1) is 33.1. The second-order valence-electron chi connectivity index (χ2n) is 2.04. The lowest BCUT2D eigenvalue weighted by Crippen LogP contribution is -2.04. The first-order valence-electron chi connectivity index (χ1n) is 5.72. The lowest BCUT2D eigenvalue weighted by Gasteiger charge is -2.01. The van der Waals surface area contributed by atoms with Gasteiger partial charge in [-0.15, -0.1) is 0 Å². The summed E-state index contributed by atoms with van der Waals surface area (Å²) in [5, 5.41) is 0. The lowest BCUT2D eigenvalue weighted by atomic mass is 11.0. The third kappa shape index (κ3) is 227. The van der Waals surface area contributed by atoms with E-state index in [9.17, 15) is 4.55 Å². The molecule has 0 amide bonds. The Morgan fingerprint density at radius 1 is 0.750 bits per heavy atom.